The Hall–Kier alpha value is -2.19. The van der Waals surface area contributed by atoms with E-state index < -0.39 is 21.2 Å². The lowest BCUT2D eigenvalue weighted by molar-refractivity contribution is 0.0975. The molecule has 2 N–H and O–H groups in total. The Bertz CT molecular complexity index is 756. The van der Waals surface area contributed by atoms with Crippen LogP contribution >= 0.6 is 11.6 Å². The first kappa shape index (κ1) is 14.2. The average molecular weight is 314 g/mol. The van der Waals surface area contributed by atoms with E-state index in [1.54, 1.807) is 0 Å². The molecule has 0 saturated carbocycles. The predicted molar refractivity (Wildman–Crippen MR) is 69.9 cm³/mol. The monoisotopic (exact) mass is 313 g/mol. The van der Waals surface area contributed by atoms with E-state index in [9.17, 15) is 18.0 Å². The second-order valence-electron chi connectivity index (χ2n) is 3.67. The van der Waals surface area contributed by atoms with Gasteiger partial charge in [-0.15, -0.1) is 0 Å². The van der Waals surface area contributed by atoms with Crippen molar-refractivity contribution < 1.29 is 18.0 Å². The lowest BCUT2D eigenvalue weighted by atomic mass is 10.2. The summed E-state index contributed by atoms with van der Waals surface area (Å²) in [6, 6.07) is 6.62. The van der Waals surface area contributed by atoms with Crippen LogP contribution in [-0.2, 0) is 10.0 Å². The zero-order chi connectivity index (χ0) is 14.8. The molecule has 104 valence electrons. The molecule has 0 atom stereocenters. The van der Waals surface area contributed by atoms with Crippen LogP contribution in [0.25, 0.3) is 0 Å². The summed E-state index contributed by atoms with van der Waals surface area (Å²) in [5.41, 5.74) is -0.234. The van der Waals surface area contributed by atoms with Gasteiger partial charge in [-0.2, -0.15) is 5.10 Å². The molecule has 0 aliphatic rings. The highest BCUT2D eigenvalue weighted by Crippen LogP contribution is 2.17. The van der Waals surface area contributed by atoms with Crippen LogP contribution in [0.2, 0.25) is 0 Å². The molecule has 2 rings (SSSR count). The van der Waals surface area contributed by atoms with Crippen LogP contribution in [0.15, 0.2) is 41.4 Å². The number of hydrogen-bond acceptors (Lipinski definition) is 5. The molecule has 2 aromatic rings. The lowest BCUT2D eigenvalue weighted by Gasteiger charge is -2.08. The summed E-state index contributed by atoms with van der Waals surface area (Å²) < 4.78 is 26.0. The van der Waals surface area contributed by atoms with Crippen molar-refractivity contribution in [3.8, 4) is 0 Å². The number of benzene rings is 1. The number of aromatic amines is 1. The first-order valence-corrected chi connectivity index (χ1v) is 7.13. The molecule has 1 heterocycles. The van der Waals surface area contributed by atoms with Crippen LogP contribution in [0, 0.1) is 0 Å². The molecule has 0 bridgehead atoms. The van der Waals surface area contributed by atoms with Crippen molar-refractivity contribution in [3.63, 3.8) is 0 Å². The van der Waals surface area contributed by atoms with Gasteiger partial charge in [-0.1, -0.05) is 12.1 Å². The fraction of sp³-hybridized carbons (Fsp3) is 0. The third-order valence-electron chi connectivity index (χ3n) is 2.36. The topological polar surface area (TPSA) is 109 Å². The molecular formula is C11H8ClN3O4S. The molecular weight excluding hydrogens is 306 g/mol. The summed E-state index contributed by atoms with van der Waals surface area (Å²) in [7, 11) is -4.21. The quantitative estimate of drug-likeness (QED) is 0.815. The zero-order valence-corrected chi connectivity index (χ0v) is 11.4. The molecule has 0 saturated heterocycles. The Morgan fingerprint density at radius 2 is 1.90 bits per heavy atom. The van der Waals surface area contributed by atoms with Crippen LogP contribution in [0.1, 0.15) is 20.8 Å². The zero-order valence-electron chi connectivity index (χ0n) is 9.83. The number of nitrogens with one attached hydrogen (secondary N) is 2. The van der Waals surface area contributed by atoms with E-state index in [0.29, 0.717) is 0 Å². The minimum atomic E-state index is -4.21. The van der Waals surface area contributed by atoms with Gasteiger partial charge < -0.3 is 0 Å². The van der Waals surface area contributed by atoms with Gasteiger partial charge in [0.2, 0.25) is 0 Å². The maximum Gasteiger partial charge on any atom is 0.282 e. The number of rotatable bonds is 4. The van der Waals surface area contributed by atoms with Crippen molar-refractivity contribution in [1.29, 1.82) is 0 Å². The standard InChI is InChI=1S/C11H8ClN3O4S/c12-10(16)7-3-1-2-4-9(7)20(18,19)15-11(17)8-5-6-13-14-8/h1-6H,(H,13,14)(H,15,17). The maximum absolute atomic E-state index is 12.1. The number of halogens is 1. The van der Waals surface area contributed by atoms with E-state index in [-0.39, 0.29) is 16.2 Å². The van der Waals surface area contributed by atoms with Gasteiger partial charge in [-0.25, -0.2) is 13.1 Å². The molecule has 20 heavy (non-hydrogen) atoms. The summed E-state index contributed by atoms with van der Waals surface area (Å²) in [6.07, 6.45) is 1.30. The molecule has 0 fully saturated rings. The van der Waals surface area contributed by atoms with Gasteiger partial charge in [-0.3, -0.25) is 14.7 Å². The van der Waals surface area contributed by atoms with Crippen LogP contribution in [0.3, 0.4) is 0 Å². The van der Waals surface area contributed by atoms with Gasteiger partial charge in [0.25, 0.3) is 21.2 Å². The van der Waals surface area contributed by atoms with Gasteiger partial charge in [0.15, 0.2) is 0 Å². The Balaban J connectivity index is 2.37. The van der Waals surface area contributed by atoms with Crippen molar-refractivity contribution in [2.75, 3.05) is 0 Å². The van der Waals surface area contributed by atoms with Gasteiger partial charge >= 0.3 is 0 Å². The first-order chi connectivity index (χ1) is 9.42. The number of nitrogens with zero attached hydrogens (tertiary/aromatic N) is 1. The Kier molecular flexibility index (Phi) is 3.86. The van der Waals surface area contributed by atoms with Crippen LogP contribution < -0.4 is 4.72 Å². The lowest BCUT2D eigenvalue weighted by Crippen LogP contribution is -2.31. The molecule has 0 radical (unpaired) electrons. The Morgan fingerprint density at radius 1 is 1.20 bits per heavy atom. The summed E-state index contributed by atoms with van der Waals surface area (Å²) >= 11 is 5.32. The molecule has 7 nitrogen and oxygen atoms in total. The molecule has 9 heteroatoms. The van der Waals surface area contributed by atoms with Gasteiger partial charge in [-0.05, 0) is 29.8 Å². The van der Waals surface area contributed by atoms with Crippen LogP contribution in [-0.4, -0.2) is 29.8 Å². The van der Waals surface area contributed by atoms with E-state index in [1.165, 1.54) is 36.5 Å². The highest BCUT2D eigenvalue weighted by atomic mass is 35.5. The van der Waals surface area contributed by atoms with Gasteiger partial charge in [0, 0.05) is 6.20 Å². The molecule has 1 aromatic carbocycles. The molecule has 0 unspecified atom stereocenters. The van der Waals surface area contributed by atoms with Crippen LogP contribution in [0.5, 0.6) is 0 Å². The van der Waals surface area contributed by atoms with E-state index in [2.05, 4.69) is 10.2 Å². The Morgan fingerprint density at radius 3 is 2.50 bits per heavy atom. The number of carbonyl (C=O) groups excluding carboxylic acids is 2. The Labute approximate surface area is 119 Å². The highest BCUT2D eigenvalue weighted by Gasteiger charge is 2.24. The number of hydrogen-bond donors (Lipinski definition) is 2. The second kappa shape index (κ2) is 5.43. The summed E-state index contributed by atoms with van der Waals surface area (Å²) in [6.45, 7) is 0. The van der Waals surface area contributed by atoms with E-state index in [1.807, 2.05) is 4.72 Å². The third-order valence-corrected chi connectivity index (χ3v) is 3.95. The van der Waals surface area contributed by atoms with E-state index in [0.717, 1.165) is 0 Å². The van der Waals surface area contributed by atoms with Gasteiger partial charge in [0.1, 0.15) is 5.69 Å². The number of amides is 1. The van der Waals surface area contributed by atoms with Crippen molar-refractivity contribution in [2.24, 2.45) is 0 Å². The largest absolute Gasteiger partial charge is 0.282 e. The number of carbonyl (C=O) groups is 2. The van der Waals surface area contributed by atoms with Crippen molar-refractivity contribution in [3.05, 3.63) is 47.8 Å². The smallest absolute Gasteiger partial charge is 0.276 e. The fourth-order valence-corrected chi connectivity index (χ4v) is 2.87. The summed E-state index contributed by atoms with van der Waals surface area (Å²) in [4.78, 5) is 22.5. The van der Waals surface area contributed by atoms with Crippen molar-refractivity contribution in [1.82, 2.24) is 14.9 Å². The molecule has 1 aromatic heterocycles. The first-order valence-electron chi connectivity index (χ1n) is 5.27. The summed E-state index contributed by atoms with van der Waals surface area (Å²) in [5, 5.41) is 4.93. The molecule has 1 amide bonds. The second-order valence-corrected chi connectivity index (χ2v) is 5.67. The molecule has 0 spiro atoms. The predicted octanol–water partition coefficient (Wildman–Crippen LogP) is 0.907. The van der Waals surface area contributed by atoms with Crippen molar-refractivity contribution in [2.45, 2.75) is 4.90 Å². The average Bonchev–Trinajstić information content (AvgIpc) is 2.92. The number of sulfonamides is 1. The number of H-pyrrole nitrogens is 1. The SMILES string of the molecule is O=C(NS(=O)(=O)c1ccccc1C(=O)Cl)c1ccn[nH]1. The normalized spacial score (nSPS) is 11.1. The van der Waals surface area contributed by atoms with Crippen molar-refractivity contribution >= 4 is 32.8 Å². The fourth-order valence-electron chi connectivity index (χ4n) is 1.48. The third kappa shape index (κ3) is 2.86. The maximum atomic E-state index is 12.1. The number of aromatic nitrogens is 2. The minimum Gasteiger partial charge on any atom is -0.276 e. The summed E-state index contributed by atoms with van der Waals surface area (Å²) in [5.74, 6) is -0.890. The van der Waals surface area contributed by atoms with Crippen LogP contribution in [0.4, 0.5) is 0 Å². The highest BCUT2D eigenvalue weighted by molar-refractivity contribution is 7.90. The molecule has 0 aliphatic carbocycles. The minimum absolute atomic E-state index is 0.0248. The van der Waals surface area contributed by atoms with Gasteiger partial charge in [0.05, 0.1) is 10.5 Å². The van der Waals surface area contributed by atoms with E-state index >= 15 is 0 Å². The van der Waals surface area contributed by atoms with E-state index in [4.69, 9.17) is 11.6 Å². The molecule has 0 aliphatic heterocycles.